The molecular weight excluding hydrogens is 272 g/mol. The van der Waals surface area contributed by atoms with Crippen LogP contribution in [-0.2, 0) is 13.6 Å². The molecule has 21 heavy (non-hydrogen) atoms. The lowest BCUT2D eigenvalue weighted by atomic mass is 10.2. The van der Waals surface area contributed by atoms with Crippen molar-refractivity contribution in [2.24, 2.45) is 7.05 Å². The minimum Gasteiger partial charge on any atom is -0.454 e. The molecule has 0 saturated heterocycles. The molecule has 3 rings (SSSR count). The first-order valence-corrected chi connectivity index (χ1v) is 6.47. The number of rotatable bonds is 3. The minimum atomic E-state index is -0.217. The molecule has 0 spiro atoms. The van der Waals surface area contributed by atoms with Crippen LogP contribution < -0.4 is 15.2 Å². The molecule has 0 atom stereocenters. The van der Waals surface area contributed by atoms with Crippen LogP contribution in [0.15, 0.2) is 24.4 Å². The Morgan fingerprint density at radius 2 is 2.19 bits per heavy atom. The number of carbonyl (C=O) groups excluding carboxylic acids is 1. The smallest absolute Gasteiger partial charge is 0.276 e. The summed E-state index contributed by atoms with van der Waals surface area (Å²) >= 11 is 0. The maximum atomic E-state index is 12.3. The molecule has 1 aromatic carbocycles. The van der Waals surface area contributed by atoms with E-state index in [1.165, 1.54) is 4.68 Å². The third kappa shape index (κ3) is 2.49. The number of carbonyl (C=O) groups is 1. The Hall–Kier alpha value is -2.70. The highest BCUT2D eigenvalue weighted by atomic mass is 16.7. The number of anilines is 1. The Morgan fingerprint density at radius 3 is 2.90 bits per heavy atom. The van der Waals surface area contributed by atoms with Crippen molar-refractivity contribution >= 4 is 11.6 Å². The summed E-state index contributed by atoms with van der Waals surface area (Å²) in [4.78, 5) is 13.9. The highest BCUT2D eigenvalue weighted by Crippen LogP contribution is 2.32. The van der Waals surface area contributed by atoms with Crippen molar-refractivity contribution in [2.75, 3.05) is 19.6 Å². The molecule has 0 radical (unpaired) electrons. The fourth-order valence-electron chi connectivity index (χ4n) is 2.24. The van der Waals surface area contributed by atoms with Crippen LogP contribution in [0.2, 0.25) is 0 Å². The van der Waals surface area contributed by atoms with E-state index >= 15 is 0 Å². The molecule has 2 N–H and O–H groups in total. The number of hydrogen-bond donors (Lipinski definition) is 1. The normalized spacial score (nSPS) is 12.5. The maximum absolute atomic E-state index is 12.3. The molecule has 0 bridgehead atoms. The third-order valence-corrected chi connectivity index (χ3v) is 3.26. The van der Waals surface area contributed by atoms with Crippen molar-refractivity contribution in [1.82, 2.24) is 14.7 Å². The standard InChI is InChI=1S/C14H16N4O3/c1-17(14(19)13-10(15)7-18(2)16-13)6-9-3-4-11-12(5-9)21-8-20-11/h3-5,7H,6,8,15H2,1-2H3. The van der Waals surface area contributed by atoms with Gasteiger partial charge < -0.3 is 20.1 Å². The first-order chi connectivity index (χ1) is 10.0. The number of benzene rings is 1. The predicted molar refractivity (Wildman–Crippen MR) is 76.0 cm³/mol. The van der Waals surface area contributed by atoms with E-state index in [0.29, 0.717) is 18.0 Å². The van der Waals surface area contributed by atoms with E-state index in [1.807, 2.05) is 18.2 Å². The molecule has 2 aromatic rings. The van der Waals surface area contributed by atoms with Crippen LogP contribution in [0, 0.1) is 0 Å². The summed E-state index contributed by atoms with van der Waals surface area (Å²) in [6.07, 6.45) is 1.61. The van der Waals surface area contributed by atoms with E-state index in [4.69, 9.17) is 15.2 Å². The van der Waals surface area contributed by atoms with Crippen LogP contribution in [0.1, 0.15) is 16.1 Å². The van der Waals surface area contributed by atoms with Crippen LogP contribution in [0.5, 0.6) is 11.5 Å². The molecule has 2 heterocycles. The van der Waals surface area contributed by atoms with Crippen molar-refractivity contribution in [2.45, 2.75) is 6.54 Å². The number of nitrogen functional groups attached to an aromatic ring is 1. The first-order valence-electron chi connectivity index (χ1n) is 6.47. The molecule has 7 nitrogen and oxygen atoms in total. The zero-order valence-corrected chi connectivity index (χ0v) is 11.9. The molecule has 0 unspecified atom stereocenters. The molecule has 7 heteroatoms. The number of amides is 1. The lowest BCUT2D eigenvalue weighted by Gasteiger charge is -2.16. The van der Waals surface area contributed by atoms with E-state index in [1.54, 1.807) is 25.2 Å². The first kappa shape index (κ1) is 13.3. The van der Waals surface area contributed by atoms with Crippen molar-refractivity contribution in [3.63, 3.8) is 0 Å². The van der Waals surface area contributed by atoms with Gasteiger partial charge in [-0.3, -0.25) is 9.48 Å². The molecule has 0 saturated carbocycles. The van der Waals surface area contributed by atoms with E-state index in [9.17, 15) is 4.79 Å². The maximum Gasteiger partial charge on any atom is 0.276 e. The summed E-state index contributed by atoms with van der Waals surface area (Å²) < 4.78 is 12.1. The summed E-state index contributed by atoms with van der Waals surface area (Å²) in [7, 11) is 3.44. The zero-order chi connectivity index (χ0) is 15.0. The van der Waals surface area contributed by atoms with Gasteiger partial charge in [-0.2, -0.15) is 5.10 Å². The van der Waals surface area contributed by atoms with Gasteiger partial charge in [-0.15, -0.1) is 0 Å². The number of hydrogen-bond acceptors (Lipinski definition) is 5. The molecule has 110 valence electrons. The fourth-order valence-corrected chi connectivity index (χ4v) is 2.24. The molecule has 1 aromatic heterocycles. The number of aryl methyl sites for hydroxylation is 1. The van der Waals surface area contributed by atoms with Gasteiger partial charge in [-0.1, -0.05) is 6.07 Å². The minimum absolute atomic E-state index is 0.217. The van der Waals surface area contributed by atoms with Crippen molar-refractivity contribution in [3.8, 4) is 11.5 Å². The van der Waals surface area contributed by atoms with E-state index in [0.717, 1.165) is 11.3 Å². The van der Waals surface area contributed by atoms with Crippen molar-refractivity contribution in [1.29, 1.82) is 0 Å². The Kier molecular flexibility index (Phi) is 3.17. The average molecular weight is 288 g/mol. The summed E-state index contributed by atoms with van der Waals surface area (Å²) in [5.74, 6) is 1.21. The van der Waals surface area contributed by atoms with Gasteiger partial charge in [0.25, 0.3) is 5.91 Å². The highest BCUT2D eigenvalue weighted by Gasteiger charge is 2.20. The number of fused-ring (bicyclic) bond motifs is 1. The zero-order valence-electron chi connectivity index (χ0n) is 11.9. The van der Waals surface area contributed by atoms with Crippen LogP contribution in [0.4, 0.5) is 5.69 Å². The molecule has 1 amide bonds. The van der Waals surface area contributed by atoms with Crippen molar-refractivity contribution < 1.29 is 14.3 Å². The predicted octanol–water partition coefficient (Wildman–Crippen LogP) is 1.00. The van der Waals surface area contributed by atoms with Gasteiger partial charge in [0.2, 0.25) is 6.79 Å². The van der Waals surface area contributed by atoms with Crippen LogP contribution in [0.3, 0.4) is 0 Å². The number of nitrogens with zero attached hydrogens (tertiary/aromatic N) is 3. The number of aromatic nitrogens is 2. The van der Waals surface area contributed by atoms with Crippen LogP contribution >= 0.6 is 0 Å². The van der Waals surface area contributed by atoms with E-state index in [-0.39, 0.29) is 18.4 Å². The second-order valence-corrected chi connectivity index (χ2v) is 4.96. The van der Waals surface area contributed by atoms with E-state index in [2.05, 4.69) is 5.10 Å². The monoisotopic (exact) mass is 288 g/mol. The molecule has 0 aliphatic carbocycles. The lowest BCUT2D eigenvalue weighted by molar-refractivity contribution is 0.0779. The lowest BCUT2D eigenvalue weighted by Crippen LogP contribution is -2.27. The molecule has 1 aliphatic heterocycles. The van der Waals surface area contributed by atoms with Gasteiger partial charge in [-0.25, -0.2) is 0 Å². The van der Waals surface area contributed by atoms with E-state index < -0.39 is 0 Å². The van der Waals surface area contributed by atoms with Gasteiger partial charge in [-0.05, 0) is 17.7 Å². The number of ether oxygens (including phenoxy) is 2. The fraction of sp³-hybridized carbons (Fsp3) is 0.286. The second-order valence-electron chi connectivity index (χ2n) is 4.96. The van der Waals surface area contributed by atoms with Crippen LogP contribution in [0.25, 0.3) is 0 Å². The van der Waals surface area contributed by atoms with Crippen molar-refractivity contribution in [3.05, 3.63) is 35.7 Å². The Labute approximate surface area is 121 Å². The van der Waals surface area contributed by atoms with Crippen LogP contribution in [-0.4, -0.2) is 34.4 Å². The third-order valence-electron chi connectivity index (χ3n) is 3.26. The summed E-state index contributed by atoms with van der Waals surface area (Å²) in [6, 6.07) is 5.61. The van der Waals surface area contributed by atoms with Gasteiger partial charge >= 0.3 is 0 Å². The molecule has 0 fully saturated rings. The second kappa shape index (κ2) is 5.01. The quantitative estimate of drug-likeness (QED) is 0.911. The topological polar surface area (TPSA) is 82.6 Å². The van der Waals surface area contributed by atoms with Gasteiger partial charge in [0.05, 0.1) is 5.69 Å². The Morgan fingerprint density at radius 1 is 1.43 bits per heavy atom. The largest absolute Gasteiger partial charge is 0.454 e. The summed E-state index contributed by atoms with van der Waals surface area (Å²) in [5.41, 5.74) is 7.37. The highest BCUT2D eigenvalue weighted by molar-refractivity contribution is 5.96. The number of nitrogens with two attached hydrogens (primary N) is 1. The Balaban J connectivity index is 1.75. The van der Waals surface area contributed by atoms with Gasteiger partial charge in [0.1, 0.15) is 0 Å². The Bertz CT molecular complexity index is 696. The summed E-state index contributed by atoms with van der Waals surface area (Å²) in [6.45, 7) is 0.670. The SMILES string of the molecule is CN(Cc1ccc2c(c1)OCO2)C(=O)c1nn(C)cc1N. The molecule has 1 aliphatic rings. The summed E-state index contributed by atoms with van der Waals surface area (Å²) in [5, 5.41) is 4.09. The average Bonchev–Trinajstić information content (AvgIpc) is 3.03. The van der Waals surface area contributed by atoms with Gasteiger partial charge in [0, 0.05) is 26.8 Å². The van der Waals surface area contributed by atoms with Gasteiger partial charge in [0.15, 0.2) is 17.2 Å². The molecular formula is C14H16N4O3.